The molecular formula is C3H6NO. The summed E-state index contributed by atoms with van der Waals surface area (Å²) in [6.07, 6.45) is -0.699. The monoisotopic (exact) mass is 72.0 g/mol. The first kappa shape index (κ1) is 4.92. The van der Waals surface area contributed by atoms with Gasteiger partial charge in [0.15, 0.2) is 0 Å². The van der Waals surface area contributed by atoms with Crippen molar-refractivity contribution in [1.82, 2.24) is 5.32 Å². The van der Waals surface area contributed by atoms with Crippen molar-refractivity contribution in [1.29, 1.82) is 0 Å². The summed E-state index contributed by atoms with van der Waals surface area (Å²) in [4.78, 5) is 0. The fraction of sp³-hybridized carbons (Fsp3) is 0.667. The lowest BCUT2D eigenvalue weighted by atomic mass is 10.7. The van der Waals surface area contributed by atoms with Crippen LogP contribution in [0, 0.1) is 7.05 Å². The van der Waals surface area contributed by atoms with Gasteiger partial charge in [0.1, 0.15) is 6.23 Å². The van der Waals surface area contributed by atoms with Gasteiger partial charge in [-0.05, 0) is 6.92 Å². The number of nitrogens with one attached hydrogen (secondary N) is 1. The summed E-state index contributed by atoms with van der Waals surface area (Å²) in [5, 5.41) is 9.90. The van der Waals surface area contributed by atoms with Crippen LogP contribution in [0.1, 0.15) is 6.92 Å². The Morgan fingerprint density at radius 1 is 2.00 bits per heavy atom. The quantitative estimate of drug-likeness (QED) is 0.408. The lowest BCUT2D eigenvalue weighted by Crippen LogP contribution is -2.16. The molecule has 0 aliphatic rings. The first-order chi connectivity index (χ1) is 2.27. The minimum Gasteiger partial charge on any atom is -0.379 e. The predicted octanol–water partition coefficient (Wildman–Crippen LogP) is -0.540. The van der Waals surface area contributed by atoms with Crippen LogP contribution < -0.4 is 5.32 Å². The summed E-state index contributed by atoms with van der Waals surface area (Å²) < 4.78 is 0. The van der Waals surface area contributed by atoms with E-state index in [2.05, 4.69) is 0 Å². The molecule has 2 heteroatoms. The maximum atomic E-state index is 8.06. The van der Waals surface area contributed by atoms with Gasteiger partial charge in [0.2, 0.25) is 0 Å². The third kappa shape index (κ3) is 3.92. The molecule has 0 amide bonds. The van der Waals surface area contributed by atoms with Crippen molar-refractivity contribution < 1.29 is 5.11 Å². The number of aliphatic hydroxyl groups is 1. The Morgan fingerprint density at radius 3 is 2.20 bits per heavy atom. The van der Waals surface area contributed by atoms with Gasteiger partial charge in [-0.3, -0.25) is 5.32 Å². The van der Waals surface area contributed by atoms with E-state index in [9.17, 15) is 0 Å². The summed E-state index contributed by atoms with van der Waals surface area (Å²) >= 11 is 0. The molecule has 1 unspecified atom stereocenters. The largest absolute Gasteiger partial charge is 0.379 e. The number of hydrogen-bond donors (Lipinski definition) is 2. The van der Waals surface area contributed by atoms with Crippen molar-refractivity contribution in [2.24, 2.45) is 0 Å². The van der Waals surface area contributed by atoms with E-state index in [4.69, 9.17) is 12.2 Å². The molecular weight excluding hydrogens is 66.0 g/mol. The molecule has 0 spiro atoms. The highest BCUT2D eigenvalue weighted by molar-refractivity contribution is 4.35. The highest BCUT2D eigenvalue weighted by Gasteiger charge is 1.79. The van der Waals surface area contributed by atoms with Gasteiger partial charge >= 0.3 is 0 Å². The first-order valence-corrected chi connectivity index (χ1v) is 1.37. The van der Waals surface area contributed by atoms with Crippen LogP contribution in [-0.4, -0.2) is 11.3 Å². The van der Waals surface area contributed by atoms with Crippen LogP contribution in [0.15, 0.2) is 0 Å². The van der Waals surface area contributed by atoms with Crippen molar-refractivity contribution in [3.05, 3.63) is 7.05 Å². The van der Waals surface area contributed by atoms with Gasteiger partial charge in [0.25, 0.3) is 0 Å². The van der Waals surface area contributed by atoms with E-state index < -0.39 is 6.23 Å². The van der Waals surface area contributed by atoms with E-state index in [1.807, 2.05) is 5.32 Å². The predicted molar refractivity (Wildman–Crippen MR) is 18.1 cm³/mol. The third-order valence-corrected chi connectivity index (χ3v) is 0.209. The molecule has 0 heterocycles. The standard InChI is InChI=1S/C3H6NO/c1-3(5)4-2/h3-5H,1H3. The van der Waals surface area contributed by atoms with Crippen molar-refractivity contribution in [3.8, 4) is 0 Å². The Kier molecular flexibility index (Phi) is 2.14. The van der Waals surface area contributed by atoms with Crippen LogP contribution in [0.5, 0.6) is 0 Å². The molecule has 5 heavy (non-hydrogen) atoms. The van der Waals surface area contributed by atoms with Crippen molar-refractivity contribution >= 4 is 0 Å². The molecule has 0 rings (SSSR count). The van der Waals surface area contributed by atoms with Crippen LogP contribution in [0.3, 0.4) is 0 Å². The minimum absolute atomic E-state index is 0.699. The molecule has 0 aliphatic heterocycles. The van der Waals surface area contributed by atoms with E-state index in [-0.39, 0.29) is 0 Å². The summed E-state index contributed by atoms with van der Waals surface area (Å²) in [6, 6.07) is 0. The van der Waals surface area contributed by atoms with Gasteiger partial charge in [-0.2, -0.15) is 0 Å². The molecule has 0 aromatic carbocycles. The van der Waals surface area contributed by atoms with Crippen LogP contribution in [0.2, 0.25) is 0 Å². The molecule has 0 fully saturated rings. The van der Waals surface area contributed by atoms with E-state index in [0.717, 1.165) is 0 Å². The van der Waals surface area contributed by atoms with Crippen LogP contribution in [0.4, 0.5) is 0 Å². The maximum absolute atomic E-state index is 8.06. The third-order valence-electron chi connectivity index (χ3n) is 0.209. The van der Waals surface area contributed by atoms with Crippen molar-refractivity contribution in [2.75, 3.05) is 0 Å². The van der Waals surface area contributed by atoms with Gasteiger partial charge in [-0.1, -0.05) is 0 Å². The molecule has 0 bridgehead atoms. The van der Waals surface area contributed by atoms with Gasteiger partial charge in [0.05, 0.1) is 7.05 Å². The topological polar surface area (TPSA) is 32.3 Å². The Balaban J connectivity index is 2.54. The fourth-order valence-electron chi connectivity index (χ4n) is 0. The highest BCUT2D eigenvalue weighted by atomic mass is 16.3. The molecule has 2 nitrogen and oxygen atoms in total. The molecule has 1 atom stereocenters. The highest BCUT2D eigenvalue weighted by Crippen LogP contribution is 1.61. The molecule has 0 aromatic rings. The Morgan fingerprint density at radius 2 is 2.20 bits per heavy atom. The Labute approximate surface area is 31.8 Å². The second-order valence-electron chi connectivity index (χ2n) is 0.820. The Bertz CT molecular complexity index is 20.9. The molecule has 29 valence electrons. The average molecular weight is 72.1 g/mol. The zero-order valence-corrected chi connectivity index (χ0v) is 3.02. The molecule has 0 aliphatic carbocycles. The van der Waals surface area contributed by atoms with Crippen molar-refractivity contribution in [3.63, 3.8) is 0 Å². The van der Waals surface area contributed by atoms with Gasteiger partial charge in [0, 0.05) is 0 Å². The minimum atomic E-state index is -0.699. The zero-order valence-electron chi connectivity index (χ0n) is 3.02. The van der Waals surface area contributed by atoms with Crippen LogP contribution in [0.25, 0.3) is 0 Å². The van der Waals surface area contributed by atoms with Gasteiger partial charge in [-0.15, -0.1) is 0 Å². The summed E-state index contributed by atoms with van der Waals surface area (Å²) in [5.41, 5.74) is 0. The molecule has 0 aromatic heterocycles. The lowest BCUT2D eigenvalue weighted by molar-refractivity contribution is 0.173. The Hall–Kier alpha value is -0.0800. The van der Waals surface area contributed by atoms with E-state index in [1.54, 1.807) is 0 Å². The zero-order chi connectivity index (χ0) is 4.28. The van der Waals surface area contributed by atoms with Crippen LogP contribution in [-0.2, 0) is 0 Å². The number of aliphatic hydroxyl groups excluding tert-OH is 1. The smallest absolute Gasteiger partial charge is 0.102 e. The lowest BCUT2D eigenvalue weighted by Gasteiger charge is -1.93. The van der Waals surface area contributed by atoms with E-state index in [1.165, 1.54) is 6.92 Å². The normalized spacial score (nSPS) is 15.0. The van der Waals surface area contributed by atoms with Gasteiger partial charge < -0.3 is 5.11 Å². The fourth-order valence-corrected chi connectivity index (χ4v) is 0. The number of hydrogen-bond acceptors (Lipinski definition) is 2. The van der Waals surface area contributed by atoms with E-state index in [0.29, 0.717) is 0 Å². The SMILES string of the molecule is [C]NC(C)O. The van der Waals surface area contributed by atoms with Crippen molar-refractivity contribution in [2.45, 2.75) is 13.2 Å². The first-order valence-electron chi connectivity index (χ1n) is 1.37. The molecule has 0 saturated heterocycles. The summed E-state index contributed by atoms with van der Waals surface area (Å²) in [7, 11) is 6.16. The molecule has 2 N–H and O–H groups in total. The number of rotatable bonds is 1. The van der Waals surface area contributed by atoms with E-state index >= 15 is 0 Å². The second-order valence-corrected chi connectivity index (χ2v) is 0.820. The molecule has 0 saturated carbocycles. The summed E-state index contributed by atoms with van der Waals surface area (Å²) in [5.74, 6) is 0. The molecule has 3 radical (unpaired) electrons. The summed E-state index contributed by atoms with van der Waals surface area (Å²) in [6.45, 7) is 1.48. The van der Waals surface area contributed by atoms with Gasteiger partial charge in [-0.25, -0.2) is 0 Å². The van der Waals surface area contributed by atoms with Crippen LogP contribution >= 0.6 is 0 Å². The second kappa shape index (κ2) is 2.18. The average Bonchev–Trinajstić information content (AvgIpc) is 1.38. The maximum Gasteiger partial charge on any atom is 0.102 e.